The molecule has 0 saturated heterocycles. The smallest absolute Gasteiger partial charge is 0.435 e. The fourth-order valence-corrected chi connectivity index (χ4v) is 0.963. The molecule has 0 aliphatic rings. The van der Waals surface area contributed by atoms with Crippen LogP contribution in [-0.4, -0.2) is 21.7 Å². The largest absolute Gasteiger partial charge is 0.467 e. The molecular formula is C9H11F3N2O2. The number of carbonyl (C=O) groups is 1. The Morgan fingerprint density at radius 1 is 1.56 bits per heavy atom. The molecule has 16 heavy (non-hydrogen) atoms. The summed E-state index contributed by atoms with van der Waals surface area (Å²) >= 11 is 0. The van der Waals surface area contributed by atoms with Gasteiger partial charge in [0, 0.05) is 13.1 Å². The van der Waals surface area contributed by atoms with Crippen molar-refractivity contribution in [3.05, 3.63) is 11.8 Å². The van der Waals surface area contributed by atoms with Crippen molar-refractivity contribution in [2.75, 3.05) is 0 Å². The highest BCUT2D eigenvalue weighted by atomic mass is 19.4. The summed E-state index contributed by atoms with van der Waals surface area (Å²) in [7, 11) is 1.32. The first-order chi connectivity index (χ1) is 7.21. The summed E-state index contributed by atoms with van der Waals surface area (Å²) in [5.74, 6) is -0.357. The Balaban J connectivity index is 2.91. The van der Waals surface area contributed by atoms with Crippen molar-refractivity contribution in [2.24, 2.45) is 7.05 Å². The third-order valence-corrected chi connectivity index (χ3v) is 2.00. The number of Topliss-reactive ketones (excluding diaryl/α,β-unsaturated/α-hetero) is 1. The van der Waals surface area contributed by atoms with Gasteiger partial charge < -0.3 is 4.74 Å². The molecule has 0 aromatic carbocycles. The predicted molar refractivity (Wildman–Crippen MR) is 49.0 cm³/mol. The molecule has 0 radical (unpaired) electrons. The van der Waals surface area contributed by atoms with E-state index in [0.29, 0.717) is 0 Å². The normalized spacial score (nSPS) is 13.6. The summed E-state index contributed by atoms with van der Waals surface area (Å²) in [6.07, 6.45) is -5.31. The molecule has 7 heteroatoms. The van der Waals surface area contributed by atoms with E-state index in [0.717, 1.165) is 10.7 Å². The number of ether oxygens (including phenoxy) is 1. The number of hydrogen-bond acceptors (Lipinski definition) is 3. The van der Waals surface area contributed by atoms with Crippen LogP contribution >= 0.6 is 0 Å². The molecule has 4 nitrogen and oxygen atoms in total. The lowest BCUT2D eigenvalue weighted by atomic mass is 10.3. The maximum Gasteiger partial charge on any atom is 0.435 e. The first kappa shape index (κ1) is 12.5. The molecule has 90 valence electrons. The Hall–Kier alpha value is -1.53. The number of carbonyl (C=O) groups excluding carboxylic acids is 1. The van der Waals surface area contributed by atoms with Gasteiger partial charge in [-0.2, -0.15) is 18.3 Å². The second-order valence-corrected chi connectivity index (χ2v) is 3.36. The zero-order chi connectivity index (χ0) is 12.5. The maximum absolute atomic E-state index is 12.3. The maximum atomic E-state index is 12.3. The Kier molecular flexibility index (Phi) is 3.25. The van der Waals surface area contributed by atoms with Crippen molar-refractivity contribution in [3.63, 3.8) is 0 Å². The molecule has 0 spiro atoms. The lowest BCUT2D eigenvalue weighted by Gasteiger charge is -2.10. The number of rotatable bonds is 3. The number of halogens is 3. The molecule has 0 unspecified atom stereocenters. The van der Waals surface area contributed by atoms with E-state index in [4.69, 9.17) is 4.74 Å². The Morgan fingerprint density at radius 2 is 2.12 bits per heavy atom. The highest BCUT2D eigenvalue weighted by Crippen LogP contribution is 2.30. The van der Waals surface area contributed by atoms with E-state index in [9.17, 15) is 18.0 Å². The average Bonchev–Trinajstić information content (AvgIpc) is 2.47. The average molecular weight is 236 g/mol. The molecule has 0 saturated carbocycles. The molecule has 0 bridgehead atoms. The highest BCUT2D eigenvalue weighted by molar-refractivity contribution is 5.80. The summed E-state index contributed by atoms with van der Waals surface area (Å²) in [5.41, 5.74) is -1.04. The second-order valence-electron chi connectivity index (χ2n) is 3.36. The summed E-state index contributed by atoms with van der Waals surface area (Å²) in [6.45, 7) is 2.76. The topological polar surface area (TPSA) is 44.1 Å². The van der Waals surface area contributed by atoms with Crippen LogP contribution in [-0.2, 0) is 18.0 Å². The van der Waals surface area contributed by atoms with Gasteiger partial charge in [0.25, 0.3) is 0 Å². The van der Waals surface area contributed by atoms with Gasteiger partial charge in [-0.15, -0.1) is 0 Å². The first-order valence-electron chi connectivity index (χ1n) is 4.50. The second kappa shape index (κ2) is 4.15. The van der Waals surface area contributed by atoms with Gasteiger partial charge in [0.2, 0.25) is 5.88 Å². The van der Waals surface area contributed by atoms with Crippen molar-refractivity contribution in [2.45, 2.75) is 26.1 Å². The number of hydrogen-bond donors (Lipinski definition) is 0. The minimum atomic E-state index is -4.52. The van der Waals surface area contributed by atoms with E-state index >= 15 is 0 Å². The molecule has 0 fully saturated rings. The van der Waals surface area contributed by atoms with Crippen LogP contribution in [0.4, 0.5) is 13.2 Å². The first-order valence-corrected chi connectivity index (χ1v) is 4.50. The lowest BCUT2D eigenvalue weighted by molar-refractivity contribution is -0.141. The Morgan fingerprint density at radius 3 is 2.50 bits per heavy atom. The number of aryl methyl sites for hydroxylation is 1. The van der Waals surface area contributed by atoms with E-state index in [1.165, 1.54) is 20.9 Å². The van der Waals surface area contributed by atoms with E-state index in [-0.39, 0.29) is 11.7 Å². The van der Waals surface area contributed by atoms with Crippen LogP contribution in [0, 0.1) is 0 Å². The van der Waals surface area contributed by atoms with Crippen LogP contribution in [0.25, 0.3) is 0 Å². The Labute approximate surface area is 90.0 Å². The van der Waals surface area contributed by atoms with Gasteiger partial charge >= 0.3 is 6.18 Å². The predicted octanol–water partition coefficient (Wildman–Crippen LogP) is 1.80. The SMILES string of the molecule is CC(=O)[C@H](C)Oc1cc(C(F)(F)F)nn1C. The molecule has 1 rings (SSSR count). The van der Waals surface area contributed by atoms with E-state index < -0.39 is 18.0 Å². The fourth-order valence-electron chi connectivity index (χ4n) is 0.963. The molecular weight excluding hydrogens is 225 g/mol. The zero-order valence-electron chi connectivity index (χ0n) is 9.00. The number of alkyl halides is 3. The lowest BCUT2D eigenvalue weighted by Crippen LogP contribution is -2.21. The molecule has 1 atom stereocenters. The van der Waals surface area contributed by atoms with Gasteiger partial charge in [0.1, 0.15) is 0 Å². The Bertz CT molecular complexity index is 398. The van der Waals surface area contributed by atoms with E-state index in [1.807, 2.05) is 0 Å². The van der Waals surface area contributed by atoms with Crippen molar-refractivity contribution in [1.82, 2.24) is 9.78 Å². The minimum Gasteiger partial charge on any atom is -0.467 e. The fraction of sp³-hybridized carbons (Fsp3) is 0.556. The molecule has 0 aliphatic heterocycles. The third kappa shape index (κ3) is 2.74. The molecule has 1 heterocycles. The molecule has 0 amide bonds. The summed E-state index contributed by atoms with van der Waals surface area (Å²) < 4.78 is 42.8. The van der Waals surface area contributed by atoms with Gasteiger partial charge in [-0.25, -0.2) is 4.68 Å². The summed E-state index contributed by atoms with van der Waals surface area (Å²) in [4.78, 5) is 10.9. The van der Waals surface area contributed by atoms with Crippen LogP contribution in [0.1, 0.15) is 19.5 Å². The van der Waals surface area contributed by atoms with E-state index in [1.54, 1.807) is 0 Å². The van der Waals surface area contributed by atoms with Crippen LogP contribution in [0.3, 0.4) is 0 Å². The van der Waals surface area contributed by atoms with Gasteiger partial charge in [-0.3, -0.25) is 4.79 Å². The van der Waals surface area contributed by atoms with Crippen molar-refractivity contribution in [1.29, 1.82) is 0 Å². The van der Waals surface area contributed by atoms with Crippen LogP contribution < -0.4 is 4.74 Å². The van der Waals surface area contributed by atoms with Gasteiger partial charge in [0.15, 0.2) is 17.6 Å². The number of ketones is 1. The minimum absolute atomic E-state index is 0.0879. The zero-order valence-corrected chi connectivity index (χ0v) is 9.00. The quantitative estimate of drug-likeness (QED) is 0.803. The molecule has 1 aromatic heterocycles. The van der Waals surface area contributed by atoms with Crippen molar-refractivity contribution < 1.29 is 22.7 Å². The van der Waals surface area contributed by atoms with E-state index in [2.05, 4.69) is 5.10 Å². The summed E-state index contributed by atoms with van der Waals surface area (Å²) in [6, 6.07) is 0.763. The summed E-state index contributed by atoms with van der Waals surface area (Å²) in [5, 5.41) is 3.25. The van der Waals surface area contributed by atoms with Crippen molar-refractivity contribution in [3.8, 4) is 5.88 Å². The van der Waals surface area contributed by atoms with Crippen LogP contribution in [0.2, 0.25) is 0 Å². The highest BCUT2D eigenvalue weighted by Gasteiger charge is 2.35. The standard InChI is InChI=1S/C9H11F3N2O2/c1-5(15)6(2)16-8-4-7(9(10,11)12)13-14(8)3/h4,6H,1-3H3/t6-/m0/s1. The van der Waals surface area contributed by atoms with Crippen molar-refractivity contribution >= 4 is 5.78 Å². The van der Waals surface area contributed by atoms with Crippen LogP contribution in [0.5, 0.6) is 5.88 Å². The molecule has 0 N–H and O–H groups in total. The monoisotopic (exact) mass is 236 g/mol. The van der Waals surface area contributed by atoms with Gasteiger partial charge in [-0.1, -0.05) is 0 Å². The number of nitrogens with zero attached hydrogens (tertiary/aromatic N) is 2. The third-order valence-electron chi connectivity index (χ3n) is 2.00. The molecule has 0 aliphatic carbocycles. The molecule has 1 aromatic rings. The van der Waals surface area contributed by atoms with Gasteiger partial charge in [-0.05, 0) is 13.8 Å². The van der Waals surface area contributed by atoms with Crippen LogP contribution in [0.15, 0.2) is 6.07 Å². The van der Waals surface area contributed by atoms with Gasteiger partial charge in [0.05, 0.1) is 0 Å². The number of aromatic nitrogens is 2.